The van der Waals surface area contributed by atoms with Crippen molar-refractivity contribution in [1.82, 2.24) is 0 Å². The molecule has 1 aliphatic rings. The highest BCUT2D eigenvalue weighted by molar-refractivity contribution is 6.37. The fraction of sp³-hybridized carbons (Fsp3) is 0.0769. The lowest BCUT2D eigenvalue weighted by molar-refractivity contribution is -0.146. The van der Waals surface area contributed by atoms with E-state index in [0.29, 0.717) is 12.0 Å². The molecule has 0 saturated carbocycles. The normalized spacial score (nSPS) is 14.1. The maximum Gasteiger partial charge on any atom is 0.376 e. The van der Waals surface area contributed by atoms with E-state index >= 15 is 0 Å². The van der Waals surface area contributed by atoms with Gasteiger partial charge < -0.3 is 10.2 Å². The minimum atomic E-state index is -1.50. The number of carbonyl (C=O) groups is 2. The Bertz CT molecular complexity index is 552. The van der Waals surface area contributed by atoms with Gasteiger partial charge in [0.25, 0.3) is 5.78 Å². The Morgan fingerprint density at radius 2 is 1.94 bits per heavy atom. The molecule has 0 bridgehead atoms. The summed E-state index contributed by atoms with van der Waals surface area (Å²) in [6, 6.07) is 7.33. The molecule has 1 aromatic rings. The van der Waals surface area contributed by atoms with Crippen LogP contribution in [-0.2, 0) is 16.0 Å². The minimum absolute atomic E-state index is 0.107. The molecule has 0 unspecified atom stereocenters. The van der Waals surface area contributed by atoms with Crippen molar-refractivity contribution in [3.63, 3.8) is 0 Å². The van der Waals surface area contributed by atoms with Crippen molar-refractivity contribution in [2.75, 3.05) is 0 Å². The molecule has 0 aromatic heterocycles. The molecule has 0 heterocycles. The van der Waals surface area contributed by atoms with Crippen LogP contribution in [0.3, 0.4) is 0 Å². The Morgan fingerprint density at radius 1 is 1.24 bits per heavy atom. The highest BCUT2D eigenvalue weighted by Gasteiger charge is 2.19. The van der Waals surface area contributed by atoms with Crippen LogP contribution in [-0.4, -0.2) is 22.0 Å². The molecule has 17 heavy (non-hydrogen) atoms. The van der Waals surface area contributed by atoms with Gasteiger partial charge in [-0.3, -0.25) is 4.79 Å². The van der Waals surface area contributed by atoms with Gasteiger partial charge in [0.2, 0.25) is 0 Å². The lowest BCUT2D eigenvalue weighted by Gasteiger charge is -1.96. The van der Waals surface area contributed by atoms with Gasteiger partial charge in [0.1, 0.15) is 5.76 Å². The molecule has 2 N–H and O–H groups in total. The summed E-state index contributed by atoms with van der Waals surface area (Å²) in [5, 5.41) is 18.3. The van der Waals surface area contributed by atoms with Crippen LogP contribution in [0.25, 0.3) is 5.76 Å². The third kappa shape index (κ3) is 2.10. The van der Waals surface area contributed by atoms with Crippen molar-refractivity contribution in [3.05, 3.63) is 53.1 Å². The molecule has 0 radical (unpaired) electrons. The topological polar surface area (TPSA) is 74.6 Å². The number of carbonyl (C=O) groups excluding carboxylic acids is 1. The van der Waals surface area contributed by atoms with Gasteiger partial charge in [0, 0.05) is 12.0 Å². The summed E-state index contributed by atoms with van der Waals surface area (Å²) in [7, 11) is 0. The number of hydrogen-bond acceptors (Lipinski definition) is 3. The van der Waals surface area contributed by atoms with E-state index in [0.717, 1.165) is 17.2 Å². The van der Waals surface area contributed by atoms with E-state index in [-0.39, 0.29) is 5.76 Å². The molecule has 1 aromatic carbocycles. The number of hydrogen-bond donors (Lipinski definition) is 2. The van der Waals surface area contributed by atoms with Gasteiger partial charge in [-0.25, -0.2) is 4.79 Å². The maximum absolute atomic E-state index is 10.9. The number of fused-ring (bicyclic) bond motifs is 1. The fourth-order valence-corrected chi connectivity index (χ4v) is 1.75. The zero-order valence-electron chi connectivity index (χ0n) is 8.88. The third-order valence-corrected chi connectivity index (χ3v) is 2.60. The van der Waals surface area contributed by atoms with Gasteiger partial charge in [0.05, 0.1) is 0 Å². The summed E-state index contributed by atoms with van der Waals surface area (Å²) < 4.78 is 0. The molecule has 0 saturated heterocycles. The minimum Gasteiger partial charge on any atom is -0.507 e. The van der Waals surface area contributed by atoms with Crippen molar-refractivity contribution >= 4 is 17.5 Å². The van der Waals surface area contributed by atoms with Crippen molar-refractivity contribution in [3.8, 4) is 0 Å². The predicted molar refractivity (Wildman–Crippen MR) is 61.5 cm³/mol. The van der Waals surface area contributed by atoms with E-state index < -0.39 is 11.8 Å². The van der Waals surface area contributed by atoms with Crippen molar-refractivity contribution < 1.29 is 19.8 Å². The largest absolute Gasteiger partial charge is 0.507 e. The molecule has 2 rings (SSSR count). The van der Waals surface area contributed by atoms with E-state index in [2.05, 4.69) is 0 Å². The van der Waals surface area contributed by atoms with Gasteiger partial charge in [-0.15, -0.1) is 0 Å². The highest BCUT2D eigenvalue weighted by Crippen LogP contribution is 2.31. The Balaban J connectivity index is 2.24. The second kappa shape index (κ2) is 4.25. The van der Waals surface area contributed by atoms with Gasteiger partial charge in [-0.1, -0.05) is 30.3 Å². The number of benzene rings is 1. The van der Waals surface area contributed by atoms with Crippen LogP contribution >= 0.6 is 0 Å². The van der Waals surface area contributed by atoms with E-state index in [9.17, 15) is 14.7 Å². The zero-order chi connectivity index (χ0) is 12.4. The fourth-order valence-electron chi connectivity index (χ4n) is 1.75. The molecule has 1 aliphatic carbocycles. The number of ketones is 1. The van der Waals surface area contributed by atoms with E-state index in [1.54, 1.807) is 6.07 Å². The van der Waals surface area contributed by atoms with Crippen molar-refractivity contribution in [2.24, 2.45) is 0 Å². The molecule has 0 fully saturated rings. The van der Waals surface area contributed by atoms with E-state index in [1.807, 2.05) is 18.2 Å². The molecular weight excluding hydrogens is 220 g/mol. The van der Waals surface area contributed by atoms with Gasteiger partial charge >= 0.3 is 5.97 Å². The van der Waals surface area contributed by atoms with Crippen molar-refractivity contribution in [2.45, 2.75) is 6.42 Å². The summed E-state index contributed by atoms with van der Waals surface area (Å²) in [6.45, 7) is 0. The molecule has 0 amide bonds. The number of aliphatic carboxylic acids is 1. The smallest absolute Gasteiger partial charge is 0.376 e. The lowest BCUT2D eigenvalue weighted by atomic mass is 10.1. The summed E-state index contributed by atoms with van der Waals surface area (Å²) in [5.74, 6) is -2.40. The Hall–Kier alpha value is -2.36. The predicted octanol–water partition coefficient (Wildman–Crippen LogP) is 1.72. The van der Waals surface area contributed by atoms with Crippen LogP contribution < -0.4 is 0 Å². The average molecular weight is 230 g/mol. The molecular formula is C13H10O4. The first-order valence-electron chi connectivity index (χ1n) is 5.05. The average Bonchev–Trinajstić information content (AvgIpc) is 2.64. The SMILES string of the molecule is O=C(O)C(=O)/C=C\C1=C(O)c2ccccc2C1. The number of carboxylic acids is 1. The van der Waals surface area contributed by atoms with Crippen LogP contribution in [0.4, 0.5) is 0 Å². The molecule has 0 atom stereocenters. The standard InChI is InChI=1S/C13H10O4/c14-11(13(16)17)6-5-9-7-8-3-1-2-4-10(8)12(9)15/h1-6,15H,7H2,(H,16,17)/b6-5-. The first kappa shape index (κ1) is 11.1. The zero-order valence-corrected chi connectivity index (χ0v) is 8.88. The number of carboxylic acid groups (broad SMARTS) is 1. The molecule has 0 aliphatic heterocycles. The first-order chi connectivity index (χ1) is 8.09. The van der Waals surface area contributed by atoms with Crippen LogP contribution in [0, 0.1) is 0 Å². The first-order valence-corrected chi connectivity index (χ1v) is 5.05. The van der Waals surface area contributed by atoms with Crippen LogP contribution in [0.2, 0.25) is 0 Å². The van der Waals surface area contributed by atoms with E-state index in [4.69, 9.17) is 5.11 Å². The lowest BCUT2D eigenvalue weighted by Crippen LogP contribution is -2.08. The second-order valence-electron chi connectivity index (χ2n) is 3.71. The molecule has 0 spiro atoms. The Morgan fingerprint density at radius 3 is 2.59 bits per heavy atom. The highest BCUT2D eigenvalue weighted by atomic mass is 16.4. The number of aliphatic hydroxyl groups excluding tert-OH is 1. The summed E-state index contributed by atoms with van der Waals surface area (Å²) >= 11 is 0. The molecule has 86 valence electrons. The molecule has 4 nitrogen and oxygen atoms in total. The summed E-state index contributed by atoms with van der Waals surface area (Å²) in [6.07, 6.45) is 2.82. The number of allylic oxidation sites excluding steroid dienone is 2. The maximum atomic E-state index is 10.9. The van der Waals surface area contributed by atoms with Gasteiger partial charge in [-0.2, -0.15) is 0 Å². The summed E-state index contributed by atoms with van der Waals surface area (Å²) in [4.78, 5) is 21.2. The molecule has 4 heteroatoms. The van der Waals surface area contributed by atoms with Crippen LogP contribution in [0.1, 0.15) is 11.1 Å². The number of aliphatic hydroxyl groups is 1. The van der Waals surface area contributed by atoms with Crippen LogP contribution in [0.15, 0.2) is 42.0 Å². The van der Waals surface area contributed by atoms with Crippen molar-refractivity contribution in [1.29, 1.82) is 0 Å². The number of rotatable bonds is 3. The van der Waals surface area contributed by atoms with Crippen LogP contribution in [0.5, 0.6) is 0 Å². The van der Waals surface area contributed by atoms with Gasteiger partial charge in [-0.05, 0) is 17.2 Å². The monoisotopic (exact) mass is 230 g/mol. The van der Waals surface area contributed by atoms with E-state index in [1.165, 1.54) is 6.08 Å². The Labute approximate surface area is 97.5 Å². The quantitative estimate of drug-likeness (QED) is 0.612. The summed E-state index contributed by atoms with van der Waals surface area (Å²) in [5.41, 5.74) is 2.25. The van der Waals surface area contributed by atoms with Gasteiger partial charge in [0.15, 0.2) is 0 Å². The Kier molecular flexibility index (Phi) is 2.78. The third-order valence-electron chi connectivity index (χ3n) is 2.60. The second-order valence-corrected chi connectivity index (χ2v) is 3.71.